The zero-order chi connectivity index (χ0) is 13.7. The molecule has 2 rings (SSSR count). The minimum atomic E-state index is -0.384. The summed E-state index contributed by atoms with van der Waals surface area (Å²) in [5.74, 6) is -0.207. The van der Waals surface area contributed by atoms with E-state index in [0.717, 1.165) is 5.56 Å². The molecular formula is C13H15N3O2S. The van der Waals surface area contributed by atoms with Crippen LogP contribution in [0.1, 0.15) is 11.3 Å². The highest BCUT2D eigenvalue weighted by molar-refractivity contribution is 7.99. The van der Waals surface area contributed by atoms with Gasteiger partial charge in [-0.3, -0.25) is 4.79 Å². The zero-order valence-corrected chi connectivity index (χ0v) is 11.1. The molecule has 0 aliphatic heterocycles. The molecule has 0 saturated carbocycles. The average molecular weight is 277 g/mol. The standard InChI is InChI=1S/C13H15N3O2S/c14-12(18)9-19-13-15-11(8-17)7-16(13)6-10-4-2-1-3-5-10/h1-5,7,17H,6,8-9H2,(H2,14,18). The van der Waals surface area contributed by atoms with Gasteiger partial charge in [-0.05, 0) is 5.56 Å². The summed E-state index contributed by atoms with van der Waals surface area (Å²) in [6.07, 6.45) is 1.79. The minimum absolute atomic E-state index is 0.119. The monoisotopic (exact) mass is 277 g/mol. The van der Waals surface area contributed by atoms with Gasteiger partial charge < -0.3 is 15.4 Å². The Hall–Kier alpha value is -1.79. The molecule has 0 atom stereocenters. The third kappa shape index (κ3) is 3.84. The second kappa shape index (κ2) is 6.40. The molecule has 1 heterocycles. The number of carbonyl (C=O) groups is 1. The van der Waals surface area contributed by atoms with Gasteiger partial charge in [-0.1, -0.05) is 42.1 Å². The number of imidazole rings is 1. The van der Waals surface area contributed by atoms with E-state index in [0.29, 0.717) is 17.4 Å². The molecule has 1 aromatic carbocycles. The fourth-order valence-electron chi connectivity index (χ4n) is 1.67. The highest BCUT2D eigenvalue weighted by atomic mass is 32.2. The van der Waals surface area contributed by atoms with Gasteiger partial charge in [0.05, 0.1) is 18.1 Å². The molecule has 1 aromatic heterocycles. The first kappa shape index (κ1) is 13.6. The van der Waals surface area contributed by atoms with Crippen LogP contribution in [0.4, 0.5) is 0 Å². The predicted molar refractivity (Wildman–Crippen MR) is 73.6 cm³/mol. The highest BCUT2D eigenvalue weighted by Crippen LogP contribution is 2.19. The maximum atomic E-state index is 10.8. The van der Waals surface area contributed by atoms with E-state index in [9.17, 15) is 4.79 Å². The number of nitrogens with zero attached hydrogens (tertiary/aromatic N) is 2. The van der Waals surface area contributed by atoms with Crippen molar-refractivity contribution in [3.63, 3.8) is 0 Å². The number of aliphatic hydroxyl groups excluding tert-OH is 1. The van der Waals surface area contributed by atoms with Gasteiger partial charge in [0.1, 0.15) is 0 Å². The van der Waals surface area contributed by atoms with E-state index in [1.165, 1.54) is 11.8 Å². The van der Waals surface area contributed by atoms with Crippen LogP contribution >= 0.6 is 11.8 Å². The van der Waals surface area contributed by atoms with Crippen LogP contribution in [0.2, 0.25) is 0 Å². The summed E-state index contributed by atoms with van der Waals surface area (Å²) < 4.78 is 1.91. The van der Waals surface area contributed by atoms with Gasteiger partial charge in [-0.2, -0.15) is 0 Å². The maximum Gasteiger partial charge on any atom is 0.227 e. The minimum Gasteiger partial charge on any atom is -0.390 e. The van der Waals surface area contributed by atoms with Crippen molar-refractivity contribution in [1.82, 2.24) is 9.55 Å². The lowest BCUT2D eigenvalue weighted by Gasteiger charge is -2.06. The van der Waals surface area contributed by atoms with Crippen molar-refractivity contribution in [2.75, 3.05) is 5.75 Å². The molecule has 0 bridgehead atoms. The maximum absolute atomic E-state index is 10.8. The van der Waals surface area contributed by atoms with Crippen LogP contribution < -0.4 is 5.73 Å². The van der Waals surface area contributed by atoms with Gasteiger partial charge >= 0.3 is 0 Å². The van der Waals surface area contributed by atoms with E-state index in [1.54, 1.807) is 6.20 Å². The quantitative estimate of drug-likeness (QED) is 0.772. The van der Waals surface area contributed by atoms with Gasteiger partial charge in [-0.15, -0.1) is 0 Å². The summed E-state index contributed by atoms with van der Waals surface area (Å²) in [6, 6.07) is 9.92. The molecule has 3 N–H and O–H groups in total. The van der Waals surface area contributed by atoms with Crippen molar-refractivity contribution in [1.29, 1.82) is 0 Å². The van der Waals surface area contributed by atoms with Gasteiger partial charge in [0.25, 0.3) is 0 Å². The van der Waals surface area contributed by atoms with Gasteiger partial charge in [0.15, 0.2) is 5.16 Å². The van der Waals surface area contributed by atoms with Gasteiger partial charge in [0, 0.05) is 12.7 Å². The molecule has 5 nitrogen and oxygen atoms in total. The molecule has 1 amide bonds. The number of aromatic nitrogens is 2. The third-order valence-electron chi connectivity index (χ3n) is 2.49. The van der Waals surface area contributed by atoms with Gasteiger partial charge in [0.2, 0.25) is 5.91 Å². The summed E-state index contributed by atoms with van der Waals surface area (Å²) in [7, 11) is 0. The lowest BCUT2D eigenvalue weighted by Crippen LogP contribution is -2.13. The summed E-state index contributed by atoms with van der Waals surface area (Å²) in [4.78, 5) is 15.1. The lowest BCUT2D eigenvalue weighted by molar-refractivity contribution is -0.115. The fraction of sp³-hybridized carbons (Fsp3) is 0.231. The van der Waals surface area contributed by atoms with Crippen LogP contribution in [0.3, 0.4) is 0 Å². The molecule has 19 heavy (non-hydrogen) atoms. The summed E-state index contributed by atoms with van der Waals surface area (Å²) in [6.45, 7) is 0.529. The van der Waals surface area contributed by atoms with E-state index in [1.807, 2.05) is 34.9 Å². The molecular weight excluding hydrogens is 262 g/mol. The number of hydrogen-bond donors (Lipinski definition) is 2. The molecule has 2 aromatic rings. The van der Waals surface area contributed by atoms with E-state index in [-0.39, 0.29) is 18.3 Å². The Bertz CT molecular complexity index is 554. The number of hydrogen-bond acceptors (Lipinski definition) is 4. The number of amides is 1. The van der Waals surface area contributed by atoms with E-state index in [2.05, 4.69) is 4.98 Å². The van der Waals surface area contributed by atoms with Crippen LogP contribution in [-0.4, -0.2) is 26.3 Å². The molecule has 0 aliphatic rings. The van der Waals surface area contributed by atoms with E-state index < -0.39 is 0 Å². The molecule has 0 unspecified atom stereocenters. The number of carbonyl (C=O) groups excluding carboxylic acids is 1. The Morgan fingerprint density at radius 1 is 1.37 bits per heavy atom. The van der Waals surface area contributed by atoms with Crippen LogP contribution in [0.15, 0.2) is 41.7 Å². The third-order valence-corrected chi connectivity index (χ3v) is 3.50. The molecule has 0 radical (unpaired) electrons. The molecule has 0 saturated heterocycles. The van der Waals surface area contributed by atoms with Crippen molar-refractivity contribution >= 4 is 17.7 Å². The molecule has 100 valence electrons. The smallest absolute Gasteiger partial charge is 0.227 e. The SMILES string of the molecule is NC(=O)CSc1nc(CO)cn1Cc1ccccc1. The van der Waals surface area contributed by atoms with Crippen molar-refractivity contribution in [2.45, 2.75) is 18.3 Å². The van der Waals surface area contributed by atoms with Crippen LogP contribution in [0.5, 0.6) is 0 Å². The number of primary amides is 1. The fourth-order valence-corrected chi connectivity index (χ4v) is 2.41. The largest absolute Gasteiger partial charge is 0.390 e. The van der Waals surface area contributed by atoms with Crippen LogP contribution in [0, 0.1) is 0 Å². The summed E-state index contributed by atoms with van der Waals surface area (Å²) in [5, 5.41) is 9.83. The highest BCUT2D eigenvalue weighted by Gasteiger charge is 2.09. The Labute approximate surface area is 115 Å². The molecule has 0 spiro atoms. The van der Waals surface area contributed by atoms with Gasteiger partial charge in [-0.25, -0.2) is 4.98 Å². The second-order valence-electron chi connectivity index (χ2n) is 4.04. The molecule has 6 heteroatoms. The van der Waals surface area contributed by atoms with E-state index in [4.69, 9.17) is 10.8 Å². The summed E-state index contributed by atoms with van der Waals surface area (Å²) in [5.41, 5.74) is 6.85. The van der Waals surface area contributed by atoms with Crippen LogP contribution in [0.25, 0.3) is 0 Å². The van der Waals surface area contributed by atoms with Crippen molar-refractivity contribution in [2.24, 2.45) is 5.73 Å². The topological polar surface area (TPSA) is 81.1 Å². The Morgan fingerprint density at radius 2 is 2.11 bits per heavy atom. The van der Waals surface area contributed by atoms with Crippen molar-refractivity contribution < 1.29 is 9.90 Å². The zero-order valence-electron chi connectivity index (χ0n) is 10.3. The number of aliphatic hydroxyl groups is 1. The lowest BCUT2D eigenvalue weighted by atomic mass is 10.2. The van der Waals surface area contributed by atoms with E-state index >= 15 is 0 Å². The Kier molecular flexibility index (Phi) is 4.59. The van der Waals surface area contributed by atoms with Crippen LogP contribution in [-0.2, 0) is 17.9 Å². The first-order chi connectivity index (χ1) is 9.19. The first-order valence-electron chi connectivity index (χ1n) is 5.81. The molecule has 0 aliphatic carbocycles. The Balaban J connectivity index is 2.18. The number of rotatable bonds is 6. The average Bonchev–Trinajstić information content (AvgIpc) is 2.80. The second-order valence-corrected chi connectivity index (χ2v) is 4.98. The number of benzene rings is 1. The first-order valence-corrected chi connectivity index (χ1v) is 6.79. The predicted octanol–water partition coefficient (Wildman–Crippen LogP) is 1.00. The normalized spacial score (nSPS) is 10.6. The summed E-state index contributed by atoms with van der Waals surface area (Å²) >= 11 is 1.28. The van der Waals surface area contributed by atoms with Crippen molar-refractivity contribution in [3.05, 3.63) is 47.8 Å². The number of thioether (sulfide) groups is 1. The molecule has 0 fully saturated rings. The Morgan fingerprint density at radius 3 is 2.74 bits per heavy atom. The number of nitrogens with two attached hydrogens (primary N) is 1. The van der Waals surface area contributed by atoms with Crippen molar-refractivity contribution in [3.8, 4) is 0 Å².